The van der Waals surface area contributed by atoms with Crippen molar-refractivity contribution in [3.05, 3.63) is 66.4 Å². The molecule has 1 aromatic heterocycles. The number of hydrogen-bond acceptors (Lipinski definition) is 5. The van der Waals surface area contributed by atoms with Gasteiger partial charge < -0.3 is 24.4 Å². The SMILES string of the molecule is CCOC(=O)Cn1cc(CCN2CCC3(CC2)C(=O)NCN3c2ccccc2)c2ccccc21. The van der Waals surface area contributed by atoms with Gasteiger partial charge in [-0.05, 0) is 49.9 Å². The van der Waals surface area contributed by atoms with Gasteiger partial charge in [-0.15, -0.1) is 0 Å². The first kappa shape index (κ1) is 22.5. The van der Waals surface area contributed by atoms with Crippen molar-refractivity contribution in [1.82, 2.24) is 14.8 Å². The van der Waals surface area contributed by atoms with Crippen molar-refractivity contribution < 1.29 is 14.3 Å². The summed E-state index contributed by atoms with van der Waals surface area (Å²) in [5, 5.41) is 4.26. The van der Waals surface area contributed by atoms with E-state index < -0.39 is 5.54 Å². The van der Waals surface area contributed by atoms with Gasteiger partial charge in [0.25, 0.3) is 0 Å². The number of amides is 1. The quantitative estimate of drug-likeness (QED) is 0.549. The number of piperidine rings is 1. The third-order valence-corrected chi connectivity index (χ3v) is 7.26. The molecule has 1 N–H and O–H groups in total. The van der Waals surface area contributed by atoms with Crippen LogP contribution < -0.4 is 10.2 Å². The topological polar surface area (TPSA) is 66.8 Å². The molecule has 3 aromatic rings. The van der Waals surface area contributed by atoms with Crippen LogP contribution in [0.25, 0.3) is 10.9 Å². The van der Waals surface area contributed by atoms with Crippen LogP contribution in [0.15, 0.2) is 60.8 Å². The van der Waals surface area contributed by atoms with Gasteiger partial charge in [-0.25, -0.2) is 0 Å². The van der Waals surface area contributed by atoms with Gasteiger partial charge in [0, 0.05) is 42.4 Å². The number of carbonyl (C=O) groups excluding carboxylic acids is 2. The fraction of sp³-hybridized carbons (Fsp3) is 0.407. The smallest absolute Gasteiger partial charge is 0.325 e. The number of para-hydroxylation sites is 2. The zero-order valence-electron chi connectivity index (χ0n) is 19.7. The summed E-state index contributed by atoms with van der Waals surface area (Å²) >= 11 is 0. The number of carbonyl (C=O) groups is 2. The lowest BCUT2D eigenvalue weighted by Crippen LogP contribution is -2.56. The van der Waals surface area contributed by atoms with Crippen LogP contribution in [-0.2, 0) is 27.3 Å². The Labute approximate surface area is 200 Å². The normalized spacial score (nSPS) is 17.9. The number of benzene rings is 2. The molecule has 0 unspecified atom stereocenters. The van der Waals surface area contributed by atoms with E-state index in [2.05, 4.69) is 45.6 Å². The zero-order valence-corrected chi connectivity index (χ0v) is 19.7. The van der Waals surface area contributed by atoms with Crippen LogP contribution in [0, 0.1) is 0 Å². The Bertz CT molecular complexity index is 1170. The minimum Gasteiger partial charge on any atom is -0.465 e. The predicted octanol–water partition coefficient (Wildman–Crippen LogP) is 3.18. The molecule has 5 rings (SSSR count). The molecule has 1 spiro atoms. The summed E-state index contributed by atoms with van der Waals surface area (Å²) in [6, 6.07) is 18.5. The zero-order chi connectivity index (χ0) is 23.5. The first-order valence-corrected chi connectivity index (χ1v) is 12.2. The second-order valence-corrected chi connectivity index (χ2v) is 9.16. The molecule has 2 fully saturated rings. The van der Waals surface area contributed by atoms with Crippen molar-refractivity contribution in [3.63, 3.8) is 0 Å². The lowest BCUT2D eigenvalue weighted by Gasteiger charge is -2.43. The Balaban J connectivity index is 1.25. The van der Waals surface area contributed by atoms with E-state index in [9.17, 15) is 9.59 Å². The van der Waals surface area contributed by atoms with Crippen LogP contribution in [0.3, 0.4) is 0 Å². The molecule has 0 saturated carbocycles. The summed E-state index contributed by atoms with van der Waals surface area (Å²) in [5.41, 5.74) is 2.95. The Morgan fingerprint density at radius 3 is 2.56 bits per heavy atom. The average molecular weight is 461 g/mol. The molecule has 0 bridgehead atoms. The van der Waals surface area contributed by atoms with Crippen LogP contribution >= 0.6 is 0 Å². The first-order chi connectivity index (χ1) is 16.6. The number of hydrogen-bond donors (Lipinski definition) is 1. The van der Waals surface area contributed by atoms with E-state index in [1.807, 2.05) is 41.8 Å². The van der Waals surface area contributed by atoms with Crippen molar-refractivity contribution >= 4 is 28.5 Å². The Kier molecular flexibility index (Phi) is 6.28. The molecule has 7 heteroatoms. The molecule has 0 aliphatic carbocycles. The van der Waals surface area contributed by atoms with Gasteiger partial charge in [-0.2, -0.15) is 0 Å². The van der Waals surface area contributed by atoms with Crippen LogP contribution in [0.4, 0.5) is 5.69 Å². The van der Waals surface area contributed by atoms with E-state index in [1.54, 1.807) is 0 Å². The summed E-state index contributed by atoms with van der Waals surface area (Å²) in [6.45, 7) is 5.72. The number of ether oxygens (including phenoxy) is 1. The highest BCUT2D eigenvalue weighted by atomic mass is 16.5. The van der Waals surface area contributed by atoms with Crippen LogP contribution in [0.2, 0.25) is 0 Å². The molecule has 7 nitrogen and oxygen atoms in total. The number of fused-ring (bicyclic) bond motifs is 1. The molecule has 3 heterocycles. The van der Waals surface area contributed by atoms with Crippen LogP contribution in [-0.4, -0.2) is 59.8 Å². The highest BCUT2D eigenvalue weighted by molar-refractivity contribution is 5.93. The summed E-state index contributed by atoms with van der Waals surface area (Å²) in [7, 11) is 0. The minimum atomic E-state index is -0.451. The van der Waals surface area contributed by atoms with Gasteiger partial charge in [0.15, 0.2) is 0 Å². The average Bonchev–Trinajstić information content (AvgIpc) is 3.37. The second kappa shape index (κ2) is 9.50. The summed E-state index contributed by atoms with van der Waals surface area (Å²) in [6.07, 6.45) is 4.63. The Morgan fingerprint density at radius 1 is 1.06 bits per heavy atom. The highest BCUT2D eigenvalue weighted by Gasteiger charge is 2.50. The fourth-order valence-corrected chi connectivity index (χ4v) is 5.46. The third-order valence-electron chi connectivity index (χ3n) is 7.26. The van der Waals surface area contributed by atoms with Gasteiger partial charge in [0.05, 0.1) is 13.3 Å². The molecule has 1 amide bonds. The maximum atomic E-state index is 12.9. The number of aromatic nitrogens is 1. The molecular formula is C27H32N4O3. The molecule has 2 aliphatic rings. The van der Waals surface area contributed by atoms with E-state index in [0.29, 0.717) is 13.3 Å². The van der Waals surface area contributed by atoms with Crippen molar-refractivity contribution in [3.8, 4) is 0 Å². The summed E-state index contributed by atoms with van der Waals surface area (Å²) in [4.78, 5) is 29.7. The minimum absolute atomic E-state index is 0.151. The maximum Gasteiger partial charge on any atom is 0.325 e. The van der Waals surface area contributed by atoms with Crippen molar-refractivity contribution in [1.29, 1.82) is 0 Å². The van der Waals surface area contributed by atoms with E-state index in [-0.39, 0.29) is 18.4 Å². The van der Waals surface area contributed by atoms with E-state index in [4.69, 9.17) is 4.74 Å². The molecule has 2 aliphatic heterocycles. The number of likely N-dealkylation sites (tertiary alicyclic amines) is 1. The standard InChI is InChI=1S/C27H32N4O3/c1-2-34-25(32)19-30-18-21(23-10-6-7-11-24(23)30)12-15-29-16-13-27(14-17-29)26(33)28-20-31(27)22-8-4-3-5-9-22/h3-11,18H,2,12-17,19-20H2,1H3,(H,28,33). The maximum absolute atomic E-state index is 12.9. The molecule has 34 heavy (non-hydrogen) atoms. The first-order valence-electron chi connectivity index (χ1n) is 12.2. The molecular weight excluding hydrogens is 428 g/mol. The summed E-state index contributed by atoms with van der Waals surface area (Å²) < 4.78 is 7.14. The number of esters is 1. The number of anilines is 1. The summed E-state index contributed by atoms with van der Waals surface area (Å²) in [5.74, 6) is -0.0630. The fourth-order valence-electron chi connectivity index (χ4n) is 5.46. The number of nitrogens with zero attached hydrogens (tertiary/aromatic N) is 3. The number of rotatable bonds is 7. The van der Waals surface area contributed by atoms with E-state index >= 15 is 0 Å². The van der Waals surface area contributed by atoms with Crippen molar-refractivity contribution in [2.75, 3.05) is 37.8 Å². The van der Waals surface area contributed by atoms with Crippen LogP contribution in [0.1, 0.15) is 25.3 Å². The number of nitrogens with one attached hydrogen (secondary N) is 1. The Morgan fingerprint density at radius 2 is 1.79 bits per heavy atom. The van der Waals surface area contributed by atoms with Gasteiger partial charge in [0.2, 0.25) is 5.91 Å². The predicted molar refractivity (Wildman–Crippen MR) is 133 cm³/mol. The monoisotopic (exact) mass is 460 g/mol. The van der Waals surface area contributed by atoms with Gasteiger partial charge in [0.1, 0.15) is 12.1 Å². The molecule has 0 radical (unpaired) electrons. The second-order valence-electron chi connectivity index (χ2n) is 9.16. The molecule has 2 saturated heterocycles. The van der Waals surface area contributed by atoms with Crippen molar-refractivity contribution in [2.24, 2.45) is 0 Å². The van der Waals surface area contributed by atoms with E-state index in [1.165, 1.54) is 10.9 Å². The lowest BCUT2D eigenvalue weighted by atomic mass is 9.85. The highest BCUT2D eigenvalue weighted by Crippen LogP contribution is 2.36. The van der Waals surface area contributed by atoms with Crippen LogP contribution in [0.5, 0.6) is 0 Å². The van der Waals surface area contributed by atoms with Gasteiger partial charge in [-0.1, -0.05) is 36.4 Å². The van der Waals surface area contributed by atoms with E-state index in [0.717, 1.165) is 50.1 Å². The molecule has 2 aromatic carbocycles. The Hall–Kier alpha value is -3.32. The lowest BCUT2D eigenvalue weighted by molar-refractivity contribution is -0.143. The third kappa shape index (κ3) is 4.16. The van der Waals surface area contributed by atoms with Crippen molar-refractivity contribution in [2.45, 2.75) is 38.3 Å². The van der Waals surface area contributed by atoms with Gasteiger partial charge >= 0.3 is 5.97 Å². The molecule has 178 valence electrons. The largest absolute Gasteiger partial charge is 0.465 e. The molecule has 0 atom stereocenters. The van der Waals surface area contributed by atoms with Gasteiger partial charge in [-0.3, -0.25) is 9.59 Å².